The summed E-state index contributed by atoms with van der Waals surface area (Å²) in [5.74, 6) is 0.306. The zero-order valence-electron chi connectivity index (χ0n) is 10.5. The minimum atomic E-state index is -3.82. The number of nitrogens with one attached hydrogen (secondary N) is 1. The summed E-state index contributed by atoms with van der Waals surface area (Å²) < 4.78 is 30.3. The third-order valence-electron chi connectivity index (χ3n) is 2.21. The fourth-order valence-corrected chi connectivity index (χ4v) is 1.59. The highest BCUT2D eigenvalue weighted by atomic mass is 32.2. The first-order chi connectivity index (χ1) is 8.35. The summed E-state index contributed by atoms with van der Waals surface area (Å²) in [6, 6.07) is 6.89. The maximum atomic E-state index is 11.4. The van der Waals surface area contributed by atoms with Crippen molar-refractivity contribution in [1.29, 1.82) is 0 Å². The van der Waals surface area contributed by atoms with Crippen LogP contribution in [0.3, 0.4) is 0 Å². The van der Waals surface area contributed by atoms with Crippen molar-refractivity contribution in [3.8, 4) is 5.75 Å². The molecule has 6 nitrogen and oxygen atoms in total. The average molecular weight is 272 g/mol. The van der Waals surface area contributed by atoms with Crippen LogP contribution < -0.4 is 9.46 Å². The van der Waals surface area contributed by atoms with Crippen LogP contribution in [0.25, 0.3) is 0 Å². The van der Waals surface area contributed by atoms with E-state index in [4.69, 9.17) is 4.74 Å². The molecule has 0 unspecified atom stereocenters. The van der Waals surface area contributed by atoms with Crippen molar-refractivity contribution in [2.45, 2.75) is 13.3 Å². The van der Waals surface area contributed by atoms with Crippen LogP contribution in [0.1, 0.15) is 12.5 Å². The summed E-state index contributed by atoms with van der Waals surface area (Å²) >= 11 is 0. The van der Waals surface area contributed by atoms with Gasteiger partial charge in [-0.3, -0.25) is 0 Å². The number of hydrogen-bond donors (Lipinski definition) is 1. The quantitative estimate of drug-likeness (QED) is 0.892. The average Bonchev–Trinajstić information content (AvgIpc) is 2.28. The number of ether oxygens (including phenoxy) is 1. The zero-order chi connectivity index (χ0) is 13.8. The minimum absolute atomic E-state index is 0.306. The molecule has 0 saturated carbocycles. The predicted molar refractivity (Wildman–Crippen MR) is 67.6 cm³/mol. The Bertz CT molecular complexity index is 526. The summed E-state index contributed by atoms with van der Waals surface area (Å²) in [7, 11) is -1.20. The molecule has 0 fully saturated rings. The van der Waals surface area contributed by atoms with Crippen molar-refractivity contribution in [2.75, 3.05) is 14.1 Å². The lowest BCUT2D eigenvalue weighted by atomic mass is 10.2. The van der Waals surface area contributed by atoms with E-state index >= 15 is 0 Å². The Balaban J connectivity index is 2.71. The van der Waals surface area contributed by atoms with Gasteiger partial charge in [-0.1, -0.05) is 19.1 Å². The van der Waals surface area contributed by atoms with Crippen LogP contribution in [-0.2, 0) is 16.6 Å². The van der Waals surface area contributed by atoms with Crippen LogP contribution in [-0.4, -0.2) is 32.9 Å². The fourth-order valence-electron chi connectivity index (χ4n) is 1.15. The fraction of sp³-hybridized carbons (Fsp3) is 0.364. The number of carbonyl (C=O) groups is 1. The molecule has 1 rings (SSSR count). The van der Waals surface area contributed by atoms with Gasteiger partial charge >= 0.3 is 16.3 Å². The van der Waals surface area contributed by atoms with Gasteiger partial charge in [0.25, 0.3) is 0 Å². The highest BCUT2D eigenvalue weighted by Crippen LogP contribution is 2.13. The molecule has 1 aromatic carbocycles. The van der Waals surface area contributed by atoms with Crippen LogP contribution in [0.15, 0.2) is 24.3 Å². The van der Waals surface area contributed by atoms with Crippen LogP contribution in [0.2, 0.25) is 0 Å². The highest BCUT2D eigenvalue weighted by molar-refractivity contribution is 7.87. The van der Waals surface area contributed by atoms with E-state index in [1.807, 2.05) is 13.0 Å². The van der Waals surface area contributed by atoms with Gasteiger partial charge in [-0.05, 0) is 24.1 Å². The molecule has 7 heteroatoms. The summed E-state index contributed by atoms with van der Waals surface area (Å²) in [5.41, 5.74) is 0.996. The Morgan fingerprint density at radius 1 is 1.39 bits per heavy atom. The molecule has 0 spiro atoms. The van der Waals surface area contributed by atoms with E-state index < -0.39 is 16.3 Å². The van der Waals surface area contributed by atoms with E-state index in [1.54, 1.807) is 22.9 Å². The van der Waals surface area contributed by atoms with E-state index in [0.29, 0.717) is 5.75 Å². The molecule has 100 valence electrons. The van der Waals surface area contributed by atoms with Crippen molar-refractivity contribution >= 4 is 16.3 Å². The molecule has 0 radical (unpaired) electrons. The largest absolute Gasteiger partial charge is 0.427 e. The van der Waals surface area contributed by atoms with Gasteiger partial charge in [0.05, 0.1) is 0 Å². The number of benzene rings is 1. The van der Waals surface area contributed by atoms with E-state index in [9.17, 15) is 13.2 Å². The lowest BCUT2D eigenvalue weighted by Gasteiger charge is -2.12. The number of aryl methyl sites for hydroxylation is 1. The van der Waals surface area contributed by atoms with Gasteiger partial charge in [-0.2, -0.15) is 12.7 Å². The molecule has 1 N–H and O–H groups in total. The topological polar surface area (TPSA) is 75.7 Å². The predicted octanol–water partition coefficient (Wildman–Crippen LogP) is 1.14. The Hall–Kier alpha value is -1.60. The second-order valence-electron chi connectivity index (χ2n) is 3.78. The first kappa shape index (κ1) is 14.5. The summed E-state index contributed by atoms with van der Waals surface area (Å²) in [5, 5.41) is 0. The molecule has 0 atom stereocenters. The van der Waals surface area contributed by atoms with Crippen molar-refractivity contribution < 1.29 is 17.9 Å². The van der Waals surface area contributed by atoms with Crippen LogP contribution >= 0.6 is 0 Å². The van der Waals surface area contributed by atoms with Gasteiger partial charge in [0.1, 0.15) is 5.75 Å². The van der Waals surface area contributed by atoms with Crippen LogP contribution in [0, 0.1) is 0 Å². The number of amides is 1. The lowest BCUT2D eigenvalue weighted by molar-refractivity contribution is 0.206. The number of carbonyl (C=O) groups excluding carboxylic acids is 1. The van der Waals surface area contributed by atoms with Crippen molar-refractivity contribution in [1.82, 2.24) is 9.03 Å². The monoisotopic (exact) mass is 272 g/mol. The molecule has 0 aliphatic rings. The molecule has 0 heterocycles. The van der Waals surface area contributed by atoms with Crippen molar-refractivity contribution in [3.05, 3.63) is 29.8 Å². The highest BCUT2D eigenvalue weighted by Gasteiger charge is 2.18. The maximum Gasteiger partial charge on any atom is 0.427 e. The second kappa shape index (κ2) is 5.83. The Morgan fingerprint density at radius 3 is 2.61 bits per heavy atom. The summed E-state index contributed by atoms with van der Waals surface area (Å²) in [6.45, 7) is 1.97. The van der Waals surface area contributed by atoms with Crippen LogP contribution in [0.4, 0.5) is 4.79 Å². The molecule has 0 aliphatic heterocycles. The van der Waals surface area contributed by atoms with E-state index in [1.165, 1.54) is 14.1 Å². The van der Waals surface area contributed by atoms with E-state index in [-0.39, 0.29) is 0 Å². The smallest absolute Gasteiger partial charge is 0.410 e. The number of rotatable bonds is 4. The molecule has 0 aromatic heterocycles. The second-order valence-corrected chi connectivity index (χ2v) is 5.66. The Labute approximate surface area is 107 Å². The standard InChI is InChI=1S/C11H16N2O4S/c1-4-9-6-5-7-10(8-9)17-11(14)12-18(15,16)13(2)3/h5-8H,4H2,1-3H3,(H,12,14). The third-order valence-corrected chi connectivity index (χ3v) is 3.60. The van der Waals surface area contributed by atoms with E-state index in [0.717, 1.165) is 16.3 Å². The Kier molecular flexibility index (Phi) is 4.69. The van der Waals surface area contributed by atoms with Crippen molar-refractivity contribution in [3.63, 3.8) is 0 Å². The van der Waals surface area contributed by atoms with Gasteiger partial charge in [-0.15, -0.1) is 0 Å². The molecule has 1 aromatic rings. The van der Waals surface area contributed by atoms with Crippen molar-refractivity contribution in [2.24, 2.45) is 0 Å². The van der Waals surface area contributed by atoms with Gasteiger partial charge in [0.2, 0.25) is 0 Å². The number of nitrogens with zero attached hydrogens (tertiary/aromatic N) is 1. The first-order valence-corrected chi connectivity index (χ1v) is 6.80. The maximum absolute atomic E-state index is 11.4. The summed E-state index contributed by atoms with van der Waals surface area (Å²) in [4.78, 5) is 11.4. The molecular formula is C11H16N2O4S. The molecule has 0 aliphatic carbocycles. The van der Waals surface area contributed by atoms with Crippen LogP contribution in [0.5, 0.6) is 5.75 Å². The first-order valence-electron chi connectivity index (χ1n) is 5.36. The lowest BCUT2D eigenvalue weighted by Crippen LogP contribution is -2.40. The Morgan fingerprint density at radius 2 is 2.06 bits per heavy atom. The minimum Gasteiger partial charge on any atom is -0.410 e. The zero-order valence-corrected chi connectivity index (χ0v) is 11.3. The molecular weight excluding hydrogens is 256 g/mol. The van der Waals surface area contributed by atoms with Gasteiger partial charge < -0.3 is 4.74 Å². The summed E-state index contributed by atoms with van der Waals surface area (Å²) in [6.07, 6.45) is -0.230. The van der Waals surface area contributed by atoms with Gasteiger partial charge in [0, 0.05) is 14.1 Å². The molecule has 0 saturated heterocycles. The third kappa shape index (κ3) is 4.01. The SMILES string of the molecule is CCc1cccc(OC(=O)NS(=O)(=O)N(C)C)c1. The number of hydrogen-bond acceptors (Lipinski definition) is 4. The molecule has 0 bridgehead atoms. The van der Waals surface area contributed by atoms with E-state index in [2.05, 4.69) is 0 Å². The van der Waals surface area contributed by atoms with Gasteiger partial charge in [-0.25, -0.2) is 9.52 Å². The molecule has 1 amide bonds. The molecule has 18 heavy (non-hydrogen) atoms. The normalized spacial score (nSPS) is 11.3. The van der Waals surface area contributed by atoms with Gasteiger partial charge in [0.15, 0.2) is 0 Å².